The summed E-state index contributed by atoms with van der Waals surface area (Å²) in [5, 5.41) is 8.93. The van der Waals surface area contributed by atoms with Gasteiger partial charge in [-0.1, -0.05) is 6.07 Å². The van der Waals surface area contributed by atoms with Gasteiger partial charge in [-0.05, 0) is 52.7 Å². The van der Waals surface area contributed by atoms with E-state index >= 15 is 0 Å². The van der Waals surface area contributed by atoms with Gasteiger partial charge in [-0.15, -0.1) is 0 Å². The number of carbonyl (C=O) groups is 1. The van der Waals surface area contributed by atoms with Gasteiger partial charge in [0.25, 0.3) is 0 Å². The number of aryl methyl sites for hydroxylation is 1. The van der Waals surface area contributed by atoms with Crippen LogP contribution in [0.15, 0.2) is 34.8 Å². The minimum absolute atomic E-state index is 0.0470. The first-order valence-corrected chi connectivity index (χ1v) is 6.78. The van der Waals surface area contributed by atoms with Crippen LogP contribution in [-0.2, 0) is 6.61 Å². The molecule has 110 valence electrons. The average Bonchev–Trinajstić information content (AvgIpc) is 2.44. The first-order valence-electron chi connectivity index (χ1n) is 5.99. The number of aromatic carboxylic acids is 1. The molecular weight excluding hydrogens is 346 g/mol. The fraction of sp³-hybridized carbons (Fsp3) is 0.133. The van der Waals surface area contributed by atoms with Crippen molar-refractivity contribution in [1.29, 1.82) is 0 Å². The van der Waals surface area contributed by atoms with E-state index in [0.29, 0.717) is 5.56 Å². The Morgan fingerprint density at radius 3 is 2.67 bits per heavy atom. The van der Waals surface area contributed by atoms with Crippen molar-refractivity contribution in [2.24, 2.45) is 0 Å². The SMILES string of the molecule is Cc1ccc(C(=O)O)cc1OCc1c(F)ccc(Br)c1F. The number of benzene rings is 2. The minimum atomic E-state index is -1.10. The number of halogens is 3. The molecule has 3 nitrogen and oxygen atoms in total. The highest BCUT2D eigenvalue weighted by atomic mass is 79.9. The molecule has 0 radical (unpaired) electrons. The number of carboxylic acids is 1. The van der Waals surface area contributed by atoms with Crippen molar-refractivity contribution in [1.82, 2.24) is 0 Å². The summed E-state index contributed by atoms with van der Waals surface area (Å²) < 4.78 is 32.9. The fourth-order valence-corrected chi connectivity index (χ4v) is 2.11. The molecule has 21 heavy (non-hydrogen) atoms. The van der Waals surface area contributed by atoms with Crippen molar-refractivity contribution >= 4 is 21.9 Å². The van der Waals surface area contributed by atoms with E-state index in [9.17, 15) is 13.6 Å². The van der Waals surface area contributed by atoms with E-state index < -0.39 is 17.6 Å². The molecule has 0 amide bonds. The van der Waals surface area contributed by atoms with Crippen LogP contribution in [0.3, 0.4) is 0 Å². The van der Waals surface area contributed by atoms with Gasteiger partial charge in [0.15, 0.2) is 0 Å². The van der Waals surface area contributed by atoms with Crippen LogP contribution in [-0.4, -0.2) is 11.1 Å². The highest BCUT2D eigenvalue weighted by Crippen LogP contribution is 2.25. The predicted molar refractivity (Wildman–Crippen MR) is 76.5 cm³/mol. The molecule has 0 saturated carbocycles. The Labute approximate surface area is 128 Å². The zero-order valence-corrected chi connectivity index (χ0v) is 12.6. The molecule has 0 bridgehead atoms. The van der Waals surface area contributed by atoms with Crippen molar-refractivity contribution in [2.75, 3.05) is 0 Å². The number of hydrogen-bond acceptors (Lipinski definition) is 2. The van der Waals surface area contributed by atoms with Crippen LogP contribution in [0, 0.1) is 18.6 Å². The number of carboxylic acid groups (broad SMARTS) is 1. The summed E-state index contributed by atoms with van der Waals surface area (Å²) in [6.45, 7) is 1.38. The van der Waals surface area contributed by atoms with E-state index in [1.807, 2.05) is 0 Å². The number of rotatable bonds is 4. The molecule has 2 aromatic carbocycles. The predicted octanol–water partition coefficient (Wildman–Crippen LogP) is 4.31. The Kier molecular flexibility index (Phi) is 4.57. The van der Waals surface area contributed by atoms with E-state index in [2.05, 4.69) is 15.9 Å². The molecule has 0 fully saturated rings. The summed E-state index contributed by atoms with van der Waals surface area (Å²) >= 11 is 2.98. The summed E-state index contributed by atoms with van der Waals surface area (Å²) in [6.07, 6.45) is 0. The van der Waals surface area contributed by atoms with Crippen LogP contribution in [0.2, 0.25) is 0 Å². The zero-order chi connectivity index (χ0) is 15.6. The molecule has 0 aliphatic heterocycles. The third-order valence-electron chi connectivity index (χ3n) is 2.95. The first kappa shape index (κ1) is 15.4. The van der Waals surface area contributed by atoms with Crippen molar-refractivity contribution in [3.05, 3.63) is 63.1 Å². The topological polar surface area (TPSA) is 46.5 Å². The van der Waals surface area contributed by atoms with Crippen molar-refractivity contribution in [2.45, 2.75) is 13.5 Å². The van der Waals surface area contributed by atoms with Gasteiger partial charge in [0.1, 0.15) is 24.0 Å². The molecular formula is C15H11BrF2O3. The second kappa shape index (κ2) is 6.22. The Balaban J connectivity index is 2.26. The van der Waals surface area contributed by atoms with E-state index in [1.54, 1.807) is 13.0 Å². The monoisotopic (exact) mass is 356 g/mol. The summed E-state index contributed by atoms with van der Waals surface area (Å²) in [5.74, 6) is -2.28. The molecule has 6 heteroatoms. The van der Waals surface area contributed by atoms with Crippen molar-refractivity contribution in [3.63, 3.8) is 0 Å². The first-order chi connectivity index (χ1) is 9.90. The van der Waals surface area contributed by atoms with Crippen LogP contribution in [0.1, 0.15) is 21.5 Å². The van der Waals surface area contributed by atoms with Gasteiger partial charge in [0, 0.05) is 0 Å². The second-order valence-electron chi connectivity index (χ2n) is 4.40. The average molecular weight is 357 g/mol. The third-order valence-corrected chi connectivity index (χ3v) is 3.56. The fourth-order valence-electron chi connectivity index (χ4n) is 1.74. The highest BCUT2D eigenvalue weighted by Gasteiger charge is 2.14. The molecule has 0 unspecified atom stereocenters. The van der Waals surface area contributed by atoms with Gasteiger partial charge in [-0.3, -0.25) is 0 Å². The molecule has 2 rings (SSSR count). The van der Waals surface area contributed by atoms with E-state index in [-0.39, 0.29) is 28.0 Å². The van der Waals surface area contributed by atoms with Crippen LogP contribution in [0.25, 0.3) is 0 Å². The molecule has 0 aliphatic carbocycles. The van der Waals surface area contributed by atoms with Gasteiger partial charge in [-0.2, -0.15) is 0 Å². The normalized spacial score (nSPS) is 10.5. The standard InChI is InChI=1S/C15H11BrF2O3/c1-8-2-3-9(15(19)20)6-13(8)21-7-10-12(17)5-4-11(16)14(10)18/h2-6H,7H2,1H3,(H,19,20). The molecule has 0 atom stereocenters. The molecule has 2 aromatic rings. The Bertz CT molecular complexity index is 702. The smallest absolute Gasteiger partial charge is 0.335 e. The van der Waals surface area contributed by atoms with Crippen molar-refractivity contribution < 1.29 is 23.4 Å². The van der Waals surface area contributed by atoms with E-state index in [4.69, 9.17) is 9.84 Å². The largest absolute Gasteiger partial charge is 0.488 e. The maximum atomic E-state index is 13.8. The molecule has 0 spiro atoms. The second-order valence-corrected chi connectivity index (χ2v) is 5.25. The van der Waals surface area contributed by atoms with Gasteiger partial charge in [0.05, 0.1) is 15.6 Å². The van der Waals surface area contributed by atoms with Gasteiger partial charge in [-0.25, -0.2) is 13.6 Å². The lowest BCUT2D eigenvalue weighted by molar-refractivity contribution is 0.0696. The Morgan fingerprint density at radius 2 is 2.00 bits per heavy atom. The Hall–Kier alpha value is -1.95. The van der Waals surface area contributed by atoms with Crippen LogP contribution in [0.5, 0.6) is 5.75 Å². The number of ether oxygens (including phenoxy) is 1. The molecule has 0 aliphatic rings. The Morgan fingerprint density at radius 1 is 1.29 bits per heavy atom. The summed E-state index contributed by atoms with van der Waals surface area (Å²) in [5.41, 5.74) is 0.506. The third kappa shape index (κ3) is 3.39. The maximum absolute atomic E-state index is 13.8. The number of hydrogen-bond donors (Lipinski definition) is 1. The van der Waals surface area contributed by atoms with E-state index in [1.165, 1.54) is 18.2 Å². The molecule has 0 heterocycles. The summed E-state index contributed by atoms with van der Waals surface area (Å²) in [7, 11) is 0. The van der Waals surface area contributed by atoms with Crippen molar-refractivity contribution in [3.8, 4) is 5.75 Å². The lowest BCUT2D eigenvalue weighted by atomic mass is 10.1. The van der Waals surface area contributed by atoms with Crippen LogP contribution >= 0.6 is 15.9 Å². The van der Waals surface area contributed by atoms with Gasteiger partial charge < -0.3 is 9.84 Å². The molecule has 1 N–H and O–H groups in total. The minimum Gasteiger partial charge on any atom is -0.488 e. The van der Waals surface area contributed by atoms with E-state index in [0.717, 1.165) is 6.07 Å². The van der Waals surface area contributed by atoms with Gasteiger partial charge in [0.2, 0.25) is 0 Å². The van der Waals surface area contributed by atoms with Gasteiger partial charge >= 0.3 is 5.97 Å². The quantitative estimate of drug-likeness (QED) is 0.830. The molecule has 0 aromatic heterocycles. The van der Waals surface area contributed by atoms with Crippen LogP contribution < -0.4 is 4.74 Å². The lowest BCUT2D eigenvalue weighted by Crippen LogP contribution is -2.05. The summed E-state index contributed by atoms with van der Waals surface area (Å²) in [4.78, 5) is 10.9. The molecule has 0 saturated heterocycles. The van der Waals surface area contributed by atoms with Crippen LogP contribution in [0.4, 0.5) is 8.78 Å². The zero-order valence-electron chi connectivity index (χ0n) is 11.0. The highest BCUT2D eigenvalue weighted by molar-refractivity contribution is 9.10. The maximum Gasteiger partial charge on any atom is 0.335 e. The lowest BCUT2D eigenvalue weighted by Gasteiger charge is -2.11. The summed E-state index contributed by atoms with van der Waals surface area (Å²) in [6, 6.07) is 6.74.